The monoisotopic (exact) mass is 900 g/mol. The van der Waals surface area contributed by atoms with Crippen LogP contribution in [0.2, 0.25) is 0 Å². The number of hydrogen-bond donors (Lipinski definition) is 0. The van der Waals surface area contributed by atoms with Gasteiger partial charge in [-0.05, 0) is 89.5 Å². The highest BCUT2D eigenvalue weighted by atomic mass is 16.5. The number of hydrogen-bond acceptors (Lipinski definition) is 12. The second-order valence-corrected chi connectivity index (χ2v) is 13.8. The fraction of sp³-hybridized carbons (Fsp3) is 0.222. The van der Waals surface area contributed by atoms with Crippen LogP contribution in [-0.4, -0.2) is 85.3 Å². The van der Waals surface area contributed by atoms with Crippen molar-refractivity contribution in [1.82, 2.24) is 0 Å². The molecule has 6 aromatic carbocycles. The summed E-state index contributed by atoms with van der Waals surface area (Å²) in [5, 5.41) is 0. The topological polar surface area (TPSA) is 111 Å². The average molecular weight is 901 g/mol. The summed E-state index contributed by atoms with van der Waals surface area (Å²) in [5.41, 5.74) is 5.83. The van der Waals surface area contributed by atoms with Crippen molar-refractivity contribution in [2.45, 2.75) is 0 Å². The Kier molecular flexibility index (Phi) is 20.5. The van der Waals surface area contributed by atoms with Crippen molar-refractivity contribution < 1.29 is 56.8 Å². The molecule has 0 bridgehead atoms. The normalized spacial score (nSPS) is 10.5. The van der Waals surface area contributed by atoms with Gasteiger partial charge in [0.15, 0.2) is 0 Å². The van der Waals surface area contributed by atoms with Gasteiger partial charge in [0.1, 0.15) is 69.0 Å². The first kappa shape index (κ1) is 50.8. The quantitative estimate of drug-likeness (QED) is 0.0766. The van der Waals surface area contributed by atoms with Gasteiger partial charge in [-0.25, -0.2) is 0 Å². The predicted molar refractivity (Wildman–Crippen MR) is 264 cm³/mol. The van der Waals surface area contributed by atoms with Crippen LogP contribution in [0.4, 0.5) is 0 Å². The first-order valence-electron chi connectivity index (χ1n) is 20.5. The zero-order chi connectivity index (χ0) is 47.8. The maximum atomic E-state index is 5.39. The Balaban J connectivity index is 0.000000216. The number of benzene rings is 6. The molecule has 0 saturated heterocycles. The van der Waals surface area contributed by atoms with Crippen LogP contribution < -0.4 is 56.8 Å². The molecule has 0 aliphatic heterocycles. The van der Waals surface area contributed by atoms with Crippen LogP contribution in [0.5, 0.6) is 69.0 Å². The summed E-state index contributed by atoms with van der Waals surface area (Å²) < 4.78 is 63.4. The van der Waals surface area contributed by atoms with E-state index in [9.17, 15) is 0 Å². The molecule has 0 saturated carbocycles. The zero-order valence-corrected chi connectivity index (χ0v) is 39.8. The molecule has 0 aliphatic carbocycles. The van der Waals surface area contributed by atoms with Crippen LogP contribution in [0, 0.1) is 0 Å². The van der Waals surface area contributed by atoms with E-state index in [1.807, 2.05) is 146 Å². The third-order valence-electron chi connectivity index (χ3n) is 9.81. The van der Waals surface area contributed by atoms with Crippen LogP contribution in [0.1, 0.15) is 33.4 Å². The molecule has 0 amide bonds. The van der Waals surface area contributed by atoms with Crippen molar-refractivity contribution >= 4 is 36.5 Å². The molecule has 0 heterocycles. The van der Waals surface area contributed by atoms with Gasteiger partial charge in [-0.1, -0.05) is 36.5 Å². The Hall–Kier alpha value is -7.86. The van der Waals surface area contributed by atoms with E-state index in [0.29, 0.717) is 0 Å². The minimum absolute atomic E-state index is 0.751. The molecule has 66 heavy (non-hydrogen) atoms. The summed E-state index contributed by atoms with van der Waals surface area (Å²) in [6.45, 7) is 0. The van der Waals surface area contributed by atoms with Gasteiger partial charge in [0.2, 0.25) is 0 Å². The van der Waals surface area contributed by atoms with E-state index in [0.717, 1.165) is 102 Å². The molecular weight excluding hydrogens is 841 g/mol. The highest BCUT2D eigenvalue weighted by Crippen LogP contribution is 2.31. The van der Waals surface area contributed by atoms with Gasteiger partial charge in [-0.3, -0.25) is 0 Å². The molecule has 0 aromatic heterocycles. The van der Waals surface area contributed by atoms with Gasteiger partial charge in [0, 0.05) is 53.1 Å². The van der Waals surface area contributed by atoms with Gasteiger partial charge in [-0.2, -0.15) is 0 Å². The van der Waals surface area contributed by atoms with Crippen LogP contribution in [0.3, 0.4) is 0 Å². The number of rotatable bonds is 18. The smallest absolute Gasteiger partial charge is 0.129 e. The van der Waals surface area contributed by atoms with E-state index in [1.165, 1.54) is 0 Å². The van der Waals surface area contributed by atoms with Crippen LogP contribution in [0.25, 0.3) is 36.5 Å². The van der Waals surface area contributed by atoms with E-state index >= 15 is 0 Å². The third-order valence-corrected chi connectivity index (χ3v) is 9.81. The largest absolute Gasteiger partial charge is 0.497 e. The van der Waals surface area contributed by atoms with Crippen molar-refractivity contribution in [3.63, 3.8) is 0 Å². The van der Waals surface area contributed by atoms with E-state index in [-0.39, 0.29) is 0 Å². The fourth-order valence-electron chi connectivity index (χ4n) is 6.20. The molecule has 0 spiro atoms. The average Bonchev–Trinajstić information content (AvgIpc) is 3.38. The summed E-state index contributed by atoms with van der Waals surface area (Å²) in [5.74, 6) is 9.05. The standard InChI is InChI=1S/3C18H20O4/c3*1-19-15-8-7-14(18(12-15)22-4)6-5-13-9-16(20-2)11-17(10-13)21-3/h3*5-12H,1-4H3/b3*6-5+. The Morgan fingerprint density at radius 2 is 0.424 bits per heavy atom. The maximum Gasteiger partial charge on any atom is 0.129 e. The lowest BCUT2D eigenvalue weighted by atomic mass is 10.1. The van der Waals surface area contributed by atoms with Crippen LogP contribution in [-0.2, 0) is 0 Å². The van der Waals surface area contributed by atoms with Crippen molar-refractivity contribution in [3.8, 4) is 69.0 Å². The molecule has 12 heteroatoms. The highest BCUT2D eigenvalue weighted by molar-refractivity contribution is 5.76. The van der Waals surface area contributed by atoms with Crippen molar-refractivity contribution in [1.29, 1.82) is 0 Å². The molecule has 12 nitrogen and oxygen atoms in total. The molecular formula is C54H60O12. The first-order chi connectivity index (χ1) is 32.1. The lowest BCUT2D eigenvalue weighted by Crippen LogP contribution is -1.90. The van der Waals surface area contributed by atoms with Crippen molar-refractivity contribution in [3.05, 3.63) is 143 Å². The van der Waals surface area contributed by atoms with E-state index in [1.54, 1.807) is 85.3 Å². The first-order valence-corrected chi connectivity index (χ1v) is 20.5. The minimum atomic E-state index is 0.751. The third kappa shape index (κ3) is 15.2. The van der Waals surface area contributed by atoms with Gasteiger partial charge in [0.05, 0.1) is 85.3 Å². The predicted octanol–water partition coefficient (Wildman–Crippen LogP) is 11.7. The fourth-order valence-corrected chi connectivity index (χ4v) is 6.20. The zero-order valence-electron chi connectivity index (χ0n) is 39.8. The summed E-state index contributed by atoms with van der Waals surface area (Å²) in [6, 6.07) is 34.3. The van der Waals surface area contributed by atoms with E-state index in [2.05, 4.69) is 0 Å². The molecule has 0 radical (unpaired) electrons. The molecule has 0 atom stereocenters. The summed E-state index contributed by atoms with van der Waals surface area (Å²) in [7, 11) is 19.6. The van der Waals surface area contributed by atoms with Gasteiger partial charge in [-0.15, -0.1) is 0 Å². The minimum Gasteiger partial charge on any atom is -0.497 e. The summed E-state index contributed by atoms with van der Waals surface area (Å²) in [4.78, 5) is 0. The maximum absolute atomic E-state index is 5.39. The highest BCUT2D eigenvalue weighted by Gasteiger charge is 2.07. The molecule has 0 N–H and O–H groups in total. The van der Waals surface area contributed by atoms with E-state index in [4.69, 9.17) is 56.8 Å². The lowest BCUT2D eigenvalue weighted by molar-refractivity contribution is 0.393. The Bertz CT molecular complexity index is 2200. The lowest BCUT2D eigenvalue weighted by Gasteiger charge is -2.08. The van der Waals surface area contributed by atoms with Gasteiger partial charge >= 0.3 is 0 Å². The summed E-state index contributed by atoms with van der Waals surface area (Å²) >= 11 is 0. The summed E-state index contributed by atoms with van der Waals surface area (Å²) in [6.07, 6.45) is 11.9. The second kappa shape index (κ2) is 26.7. The van der Waals surface area contributed by atoms with Crippen molar-refractivity contribution in [2.24, 2.45) is 0 Å². The molecule has 0 unspecified atom stereocenters. The second-order valence-electron chi connectivity index (χ2n) is 13.8. The number of ether oxygens (including phenoxy) is 12. The Morgan fingerprint density at radius 3 is 0.606 bits per heavy atom. The number of methoxy groups -OCH3 is 12. The van der Waals surface area contributed by atoms with Crippen molar-refractivity contribution in [2.75, 3.05) is 85.3 Å². The molecule has 0 aliphatic rings. The van der Waals surface area contributed by atoms with Gasteiger partial charge in [0.25, 0.3) is 0 Å². The molecule has 0 fully saturated rings. The molecule has 6 aromatic rings. The Labute approximate surface area is 389 Å². The Morgan fingerprint density at radius 1 is 0.212 bits per heavy atom. The van der Waals surface area contributed by atoms with E-state index < -0.39 is 0 Å². The SMILES string of the molecule is COc1cc(/C=C/c2ccc(OC)cc2OC)cc(OC)c1.COc1cc(/C=C/c2ccc(OC)cc2OC)cc(OC)c1.COc1cc(/C=C/c2ccc(OC)cc2OC)cc(OC)c1. The molecule has 6 rings (SSSR count). The van der Waals surface area contributed by atoms with Crippen LogP contribution >= 0.6 is 0 Å². The molecule has 348 valence electrons. The van der Waals surface area contributed by atoms with Crippen LogP contribution in [0.15, 0.2) is 109 Å². The van der Waals surface area contributed by atoms with Gasteiger partial charge < -0.3 is 56.8 Å².